The number of carbonyl (C=O) groups excluding carboxylic acids is 1. The molecule has 0 bridgehead atoms. The lowest BCUT2D eigenvalue weighted by atomic mass is 10.1. The van der Waals surface area contributed by atoms with Gasteiger partial charge in [0.25, 0.3) is 4.98 Å². The van der Waals surface area contributed by atoms with E-state index < -0.39 is 0 Å². The molecule has 0 saturated carbocycles. The van der Waals surface area contributed by atoms with Gasteiger partial charge in [0.1, 0.15) is 5.78 Å². The van der Waals surface area contributed by atoms with Crippen LogP contribution < -0.4 is 5.59 Å². The standard InChI is InChI=1S/C11H24N3O3/c1-10(15)8-6-7-9-17-12-14(16)13(5)11(2,3)4/h6-9H2,1-5H3,(H,12,16)/q+1. The van der Waals surface area contributed by atoms with Gasteiger partial charge in [-0.1, -0.05) is 0 Å². The molecule has 0 atom stereocenters. The smallest absolute Gasteiger partial charge is 0.274 e. The molecule has 0 aromatic carbocycles. The normalized spacial score (nSPS) is 11.1. The van der Waals surface area contributed by atoms with Gasteiger partial charge in [0.05, 0.1) is 24.1 Å². The highest BCUT2D eigenvalue weighted by molar-refractivity contribution is 5.75. The third-order valence-corrected chi connectivity index (χ3v) is 2.41. The second-order valence-corrected chi connectivity index (χ2v) is 5.07. The van der Waals surface area contributed by atoms with Crippen molar-refractivity contribution in [2.24, 2.45) is 0 Å². The second kappa shape index (κ2) is 7.21. The van der Waals surface area contributed by atoms with E-state index in [1.54, 1.807) is 14.0 Å². The van der Waals surface area contributed by atoms with Crippen molar-refractivity contribution in [1.82, 2.24) is 10.6 Å². The number of carbonyl (C=O) groups is 1. The van der Waals surface area contributed by atoms with Crippen LogP contribution in [0.4, 0.5) is 0 Å². The molecule has 6 nitrogen and oxygen atoms in total. The molecule has 0 aliphatic carbocycles. The van der Waals surface area contributed by atoms with E-state index >= 15 is 0 Å². The molecule has 0 heterocycles. The lowest BCUT2D eigenvalue weighted by Crippen LogP contribution is -2.49. The number of nitrogens with one attached hydrogen (secondary N) is 1. The third-order valence-electron chi connectivity index (χ3n) is 2.41. The summed E-state index contributed by atoms with van der Waals surface area (Å²) in [7, 11) is 1.68. The summed E-state index contributed by atoms with van der Waals surface area (Å²) in [4.78, 5) is 27.7. The number of hydrogen-bond acceptors (Lipinski definition) is 3. The number of nitrogens with zero attached hydrogens (tertiary/aromatic N) is 2. The zero-order valence-corrected chi connectivity index (χ0v) is 11.4. The predicted molar refractivity (Wildman–Crippen MR) is 64.8 cm³/mol. The maximum Gasteiger partial charge on any atom is 0.274 e. The zero-order chi connectivity index (χ0) is 13.5. The highest BCUT2D eigenvalue weighted by Gasteiger charge is 2.29. The van der Waals surface area contributed by atoms with Gasteiger partial charge < -0.3 is 4.79 Å². The Hall–Kier alpha value is -1.17. The lowest BCUT2D eigenvalue weighted by Gasteiger charge is -2.22. The summed E-state index contributed by atoms with van der Waals surface area (Å²) in [6.07, 6.45) is 2.09. The fourth-order valence-electron chi connectivity index (χ4n) is 0.983. The van der Waals surface area contributed by atoms with Crippen molar-refractivity contribution in [2.45, 2.75) is 52.5 Å². The van der Waals surface area contributed by atoms with E-state index in [0.717, 1.165) is 12.8 Å². The Balaban J connectivity index is 3.62. The average Bonchev–Trinajstić information content (AvgIpc) is 2.19. The van der Waals surface area contributed by atoms with E-state index in [4.69, 9.17) is 4.84 Å². The summed E-state index contributed by atoms with van der Waals surface area (Å²) in [6, 6.07) is 0. The minimum absolute atomic E-state index is 0.177. The van der Waals surface area contributed by atoms with Crippen LogP contribution in [0.15, 0.2) is 0 Å². The summed E-state index contributed by atoms with van der Waals surface area (Å²) >= 11 is 0. The first-order chi connectivity index (χ1) is 7.75. The van der Waals surface area contributed by atoms with Crippen molar-refractivity contribution in [3.05, 3.63) is 4.91 Å². The van der Waals surface area contributed by atoms with Crippen LogP contribution in [0.25, 0.3) is 0 Å². The van der Waals surface area contributed by atoms with Gasteiger partial charge in [0.2, 0.25) is 0 Å². The van der Waals surface area contributed by atoms with Crippen LogP contribution in [-0.2, 0) is 9.63 Å². The molecule has 0 aliphatic rings. The Morgan fingerprint density at radius 2 is 1.94 bits per heavy atom. The number of nitroso groups, excluding NO2 is 1. The quantitative estimate of drug-likeness (QED) is 0.400. The van der Waals surface area contributed by atoms with Crippen molar-refractivity contribution in [2.75, 3.05) is 13.7 Å². The Bertz CT molecular complexity index is 261. The topological polar surface area (TPSA) is 61.6 Å². The molecule has 0 amide bonds. The Kier molecular flexibility index (Phi) is 6.72. The molecule has 0 aromatic heterocycles. The van der Waals surface area contributed by atoms with Crippen LogP contribution in [0.2, 0.25) is 0 Å². The predicted octanol–water partition coefficient (Wildman–Crippen LogP) is 1.61. The van der Waals surface area contributed by atoms with Crippen molar-refractivity contribution >= 4 is 5.78 Å². The first kappa shape index (κ1) is 15.8. The summed E-state index contributed by atoms with van der Waals surface area (Å²) in [5.74, 6) is 0.177. The molecule has 17 heavy (non-hydrogen) atoms. The highest BCUT2D eigenvalue weighted by Crippen LogP contribution is 2.08. The summed E-state index contributed by atoms with van der Waals surface area (Å²) in [5, 5.41) is 1.49. The highest BCUT2D eigenvalue weighted by atomic mass is 16.7. The van der Waals surface area contributed by atoms with Crippen LogP contribution in [0.3, 0.4) is 0 Å². The van der Waals surface area contributed by atoms with Crippen molar-refractivity contribution in [3.8, 4) is 0 Å². The molecule has 0 fully saturated rings. The molecule has 0 saturated heterocycles. The van der Waals surface area contributed by atoms with Gasteiger partial charge in [-0.25, -0.2) is 4.84 Å². The summed E-state index contributed by atoms with van der Waals surface area (Å²) in [5.41, 5.74) is 2.02. The molecule has 1 N–H and O–H groups in total. The van der Waals surface area contributed by atoms with Crippen LogP contribution in [0.5, 0.6) is 0 Å². The van der Waals surface area contributed by atoms with E-state index in [9.17, 15) is 9.70 Å². The van der Waals surface area contributed by atoms with Gasteiger partial charge in [0, 0.05) is 12.0 Å². The van der Waals surface area contributed by atoms with Crippen molar-refractivity contribution in [3.63, 3.8) is 0 Å². The maximum absolute atomic E-state index is 11.5. The fourth-order valence-corrected chi connectivity index (χ4v) is 0.983. The molecular weight excluding hydrogens is 222 g/mol. The van der Waals surface area contributed by atoms with E-state index in [2.05, 4.69) is 5.59 Å². The SMILES string of the molecule is CC(=O)CCCCON[N+](=O)N(C)C(C)(C)C. The van der Waals surface area contributed by atoms with Crippen LogP contribution in [-0.4, -0.2) is 35.0 Å². The summed E-state index contributed by atoms with van der Waals surface area (Å²) < 4.78 is 0. The van der Waals surface area contributed by atoms with Crippen molar-refractivity contribution in [1.29, 1.82) is 0 Å². The molecular formula is C11H24N3O3+. The largest absolute Gasteiger partial charge is 0.300 e. The molecule has 0 unspecified atom stereocenters. The van der Waals surface area contributed by atoms with Crippen molar-refractivity contribution < 1.29 is 14.6 Å². The number of ketones is 1. The first-order valence-electron chi connectivity index (χ1n) is 5.83. The summed E-state index contributed by atoms with van der Waals surface area (Å²) in [6.45, 7) is 7.74. The number of rotatable bonds is 8. The molecule has 100 valence electrons. The minimum atomic E-state index is -0.271. The first-order valence-corrected chi connectivity index (χ1v) is 5.83. The van der Waals surface area contributed by atoms with Gasteiger partial charge in [-0.15, -0.1) is 5.01 Å². The molecule has 0 rings (SSSR count). The molecule has 0 radical (unpaired) electrons. The van der Waals surface area contributed by atoms with Crippen LogP contribution in [0, 0.1) is 4.91 Å². The zero-order valence-electron chi connectivity index (χ0n) is 11.4. The van der Waals surface area contributed by atoms with Gasteiger partial charge in [-0.2, -0.15) is 0 Å². The maximum atomic E-state index is 11.5. The van der Waals surface area contributed by atoms with E-state index in [-0.39, 0.29) is 11.3 Å². The molecule has 0 aromatic rings. The Morgan fingerprint density at radius 3 is 2.41 bits per heavy atom. The van der Waals surface area contributed by atoms with E-state index in [0.29, 0.717) is 18.0 Å². The van der Waals surface area contributed by atoms with Gasteiger partial charge in [0.15, 0.2) is 0 Å². The van der Waals surface area contributed by atoms with E-state index in [1.165, 1.54) is 5.01 Å². The lowest BCUT2D eigenvalue weighted by molar-refractivity contribution is -0.795. The van der Waals surface area contributed by atoms with Crippen LogP contribution >= 0.6 is 0 Å². The Morgan fingerprint density at radius 1 is 1.35 bits per heavy atom. The molecule has 0 aliphatic heterocycles. The Labute approximate surface area is 103 Å². The second-order valence-electron chi connectivity index (χ2n) is 5.07. The van der Waals surface area contributed by atoms with Gasteiger partial charge in [-0.05, 0) is 40.5 Å². The van der Waals surface area contributed by atoms with Gasteiger partial charge in [-0.3, -0.25) is 0 Å². The van der Waals surface area contributed by atoms with E-state index in [1.807, 2.05) is 20.8 Å². The monoisotopic (exact) mass is 246 g/mol. The average molecular weight is 246 g/mol. The van der Waals surface area contributed by atoms with Gasteiger partial charge >= 0.3 is 0 Å². The molecule has 6 heteroatoms. The third kappa shape index (κ3) is 7.68. The number of unbranched alkanes of at least 4 members (excludes halogenated alkanes) is 1. The number of hydrazine groups is 2. The number of Topliss-reactive ketones (excluding diaryl/α,β-unsaturated/α-hetero) is 1. The van der Waals surface area contributed by atoms with Crippen LogP contribution in [0.1, 0.15) is 47.0 Å². The fraction of sp³-hybridized carbons (Fsp3) is 0.909. The number of hydrogen-bond donors (Lipinski definition) is 1. The molecule has 0 spiro atoms. The minimum Gasteiger partial charge on any atom is -0.300 e.